The average Bonchev–Trinajstić information content (AvgIpc) is 3.46. The minimum absolute atomic E-state index is 0.00578. The molecule has 3 N–H and O–H groups in total. The largest absolute Gasteiger partial charge is 0.491 e. The van der Waals surface area contributed by atoms with Crippen molar-refractivity contribution in [3.8, 4) is 17.2 Å². The van der Waals surface area contributed by atoms with Crippen molar-refractivity contribution in [1.29, 1.82) is 0 Å². The van der Waals surface area contributed by atoms with Gasteiger partial charge in [-0.25, -0.2) is 8.42 Å². The van der Waals surface area contributed by atoms with Crippen LogP contribution in [0.15, 0.2) is 35.4 Å². The Kier molecular flexibility index (Phi) is 6.32. The fraction of sp³-hybridized carbons (Fsp3) is 0.421. The number of carbonyl (C=O) groups is 1. The predicted octanol–water partition coefficient (Wildman–Crippen LogP) is -0.0660. The Balaban J connectivity index is 1.27. The zero-order valence-corrected chi connectivity index (χ0v) is 17.4. The van der Waals surface area contributed by atoms with E-state index in [2.05, 4.69) is 10.3 Å². The molecule has 4 rings (SSSR count). The molecule has 0 bridgehead atoms. The lowest BCUT2D eigenvalue weighted by Crippen LogP contribution is -2.40. The fourth-order valence-corrected chi connectivity index (χ4v) is 4.52. The lowest BCUT2D eigenvalue weighted by molar-refractivity contribution is 0.0730. The number of H-pyrrole nitrogens is 1. The number of aliphatic hydroxyl groups excluding tert-OH is 1. The number of rotatable bonds is 8. The van der Waals surface area contributed by atoms with Gasteiger partial charge >= 0.3 is 0 Å². The van der Waals surface area contributed by atoms with Crippen LogP contribution in [0.1, 0.15) is 10.5 Å². The number of morpholine rings is 1. The third-order valence-corrected chi connectivity index (χ3v) is 6.67. The summed E-state index contributed by atoms with van der Waals surface area (Å²) in [6.45, 7) is 1.23. The van der Waals surface area contributed by atoms with Crippen molar-refractivity contribution >= 4 is 15.9 Å². The summed E-state index contributed by atoms with van der Waals surface area (Å²) in [6.07, 6.45) is 0.305. The van der Waals surface area contributed by atoms with Gasteiger partial charge in [0.25, 0.3) is 5.91 Å². The van der Waals surface area contributed by atoms with E-state index < -0.39 is 22.0 Å². The zero-order valence-electron chi connectivity index (χ0n) is 16.6. The van der Waals surface area contributed by atoms with Gasteiger partial charge in [0.2, 0.25) is 16.8 Å². The summed E-state index contributed by atoms with van der Waals surface area (Å²) in [4.78, 5) is 15.0. The van der Waals surface area contributed by atoms with E-state index in [1.54, 1.807) is 18.2 Å². The van der Waals surface area contributed by atoms with Gasteiger partial charge in [-0.1, -0.05) is 0 Å². The highest BCUT2D eigenvalue weighted by atomic mass is 32.2. The van der Waals surface area contributed by atoms with Crippen molar-refractivity contribution in [3.05, 3.63) is 36.2 Å². The van der Waals surface area contributed by atoms with Crippen LogP contribution in [0.4, 0.5) is 0 Å². The SMILES string of the molecule is O=C(NCC(O)COc1ccc2c(c1)OCO2)c1cc(S(=O)(=O)N2CCOCC2)c[nH]1. The minimum Gasteiger partial charge on any atom is -0.491 e. The van der Waals surface area contributed by atoms with Crippen LogP contribution in [-0.2, 0) is 14.8 Å². The van der Waals surface area contributed by atoms with E-state index in [0.29, 0.717) is 30.5 Å². The van der Waals surface area contributed by atoms with Crippen LogP contribution >= 0.6 is 0 Å². The first-order valence-corrected chi connectivity index (χ1v) is 11.1. The van der Waals surface area contributed by atoms with Gasteiger partial charge in [0.1, 0.15) is 29.0 Å². The summed E-state index contributed by atoms with van der Waals surface area (Å²) in [7, 11) is -3.70. The van der Waals surface area contributed by atoms with E-state index in [1.165, 1.54) is 16.6 Å². The third-order valence-electron chi connectivity index (χ3n) is 4.79. The van der Waals surface area contributed by atoms with E-state index in [-0.39, 0.29) is 43.6 Å². The van der Waals surface area contributed by atoms with Crippen molar-refractivity contribution in [2.24, 2.45) is 0 Å². The molecule has 1 fully saturated rings. The van der Waals surface area contributed by atoms with Crippen LogP contribution < -0.4 is 19.5 Å². The standard InChI is InChI=1S/C19H23N3O8S/c23-13(11-28-14-1-2-17-18(7-14)30-12-29-17)9-21-19(24)16-8-15(10-20-16)31(25,26)22-3-5-27-6-4-22/h1-2,7-8,10,13,20,23H,3-6,9,11-12H2,(H,21,24). The molecule has 31 heavy (non-hydrogen) atoms. The molecular formula is C19H23N3O8S. The highest BCUT2D eigenvalue weighted by Crippen LogP contribution is 2.35. The molecule has 12 heteroatoms. The number of hydrogen-bond acceptors (Lipinski definition) is 8. The lowest BCUT2D eigenvalue weighted by atomic mass is 10.3. The number of nitrogens with one attached hydrogen (secondary N) is 2. The highest BCUT2D eigenvalue weighted by Gasteiger charge is 2.28. The quantitative estimate of drug-likeness (QED) is 0.505. The molecule has 2 aliphatic rings. The maximum absolute atomic E-state index is 12.6. The van der Waals surface area contributed by atoms with Crippen molar-refractivity contribution in [1.82, 2.24) is 14.6 Å². The van der Waals surface area contributed by atoms with Gasteiger partial charge in [-0.15, -0.1) is 0 Å². The molecule has 3 heterocycles. The van der Waals surface area contributed by atoms with E-state index in [1.807, 2.05) is 0 Å². The highest BCUT2D eigenvalue weighted by molar-refractivity contribution is 7.89. The predicted molar refractivity (Wildman–Crippen MR) is 107 cm³/mol. The number of sulfonamides is 1. The van der Waals surface area contributed by atoms with Crippen molar-refractivity contribution in [2.45, 2.75) is 11.0 Å². The number of fused-ring (bicyclic) bond motifs is 1. The molecule has 2 aromatic rings. The molecule has 11 nitrogen and oxygen atoms in total. The number of ether oxygens (including phenoxy) is 4. The Hall–Kier alpha value is -2.80. The maximum Gasteiger partial charge on any atom is 0.267 e. The second kappa shape index (κ2) is 9.14. The number of hydrogen-bond donors (Lipinski definition) is 3. The Morgan fingerprint density at radius 1 is 1.23 bits per heavy atom. The van der Waals surface area contributed by atoms with Crippen molar-refractivity contribution in [2.75, 3.05) is 46.2 Å². The number of nitrogens with zero attached hydrogens (tertiary/aromatic N) is 1. The molecule has 168 valence electrons. The number of aliphatic hydroxyl groups is 1. The number of aromatic amines is 1. The molecule has 0 spiro atoms. The Morgan fingerprint density at radius 2 is 2.00 bits per heavy atom. The van der Waals surface area contributed by atoms with Crippen molar-refractivity contribution in [3.63, 3.8) is 0 Å². The minimum atomic E-state index is -3.70. The first-order valence-electron chi connectivity index (χ1n) is 9.68. The third kappa shape index (κ3) is 4.93. The van der Waals surface area contributed by atoms with E-state index >= 15 is 0 Å². The van der Waals surface area contributed by atoms with Crippen LogP contribution in [-0.4, -0.2) is 81.1 Å². The van der Waals surface area contributed by atoms with Crippen molar-refractivity contribution < 1.29 is 37.3 Å². The van der Waals surface area contributed by atoms with Gasteiger partial charge < -0.3 is 34.4 Å². The second-order valence-corrected chi connectivity index (χ2v) is 8.89. The number of carbonyl (C=O) groups excluding carboxylic acids is 1. The van der Waals surface area contributed by atoms with E-state index in [4.69, 9.17) is 18.9 Å². The molecule has 1 aromatic heterocycles. The van der Waals surface area contributed by atoms with Crippen LogP contribution in [0.25, 0.3) is 0 Å². The summed E-state index contributed by atoms with van der Waals surface area (Å²) < 4.78 is 47.7. The van der Waals surface area contributed by atoms with Gasteiger partial charge in [0.15, 0.2) is 11.5 Å². The van der Waals surface area contributed by atoms with E-state index in [9.17, 15) is 18.3 Å². The van der Waals surface area contributed by atoms with E-state index in [0.717, 1.165) is 0 Å². The second-order valence-electron chi connectivity index (χ2n) is 6.96. The summed E-state index contributed by atoms with van der Waals surface area (Å²) in [5.41, 5.74) is 0.0794. The Labute approximate surface area is 178 Å². The summed E-state index contributed by atoms with van der Waals surface area (Å²) in [6, 6.07) is 6.33. The lowest BCUT2D eigenvalue weighted by Gasteiger charge is -2.25. The van der Waals surface area contributed by atoms with Gasteiger partial charge in [-0.05, 0) is 18.2 Å². The smallest absolute Gasteiger partial charge is 0.267 e. The molecular weight excluding hydrogens is 430 g/mol. The van der Waals surface area contributed by atoms with Crippen LogP contribution in [0.5, 0.6) is 17.2 Å². The molecule has 2 aliphatic heterocycles. The normalized spacial score (nSPS) is 17.3. The topological polar surface area (TPSA) is 139 Å². The molecule has 0 radical (unpaired) electrons. The van der Waals surface area contributed by atoms with Crippen LogP contribution in [0, 0.1) is 0 Å². The van der Waals surface area contributed by atoms with Gasteiger partial charge in [0, 0.05) is 31.9 Å². The molecule has 0 saturated carbocycles. The van der Waals surface area contributed by atoms with Gasteiger partial charge in [-0.3, -0.25) is 4.79 Å². The molecule has 0 aliphatic carbocycles. The first kappa shape index (κ1) is 21.4. The summed E-state index contributed by atoms with van der Waals surface area (Å²) in [5, 5.41) is 12.6. The molecule has 1 aromatic carbocycles. The molecule has 1 amide bonds. The molecule has 1 atom stereocenters. The van der Waals surface area contributed by atoms with Gasteiger partial charge in [-0.2, -0.15) is 4.31 Å². The molecule has 1 unspecified atom stereocenters. The summed E-state index contributed by atoms with van der Waals surface area (Å²) in [5.74, 6) is 1.15. The maximum atomic E-state index is 12.6. The van der Waals surface area contributed by atoms with Crippen LogP contribution in [0.3, 0.4) is 0 Å². The Morgan fingerprint density at radius 3 is 2.81 bits per heavy atom. The number of aromatic nitrogens is 1. The van der Waals surface area contributed by atoms with Crippen LogP contribution in [0.2, 0.25) is 0 Å². The zero-order chi connectivity index (χ0) is 21.8. The monoisotopic (exact) mass is 453 g/mol. The molecule has 1 saturated heterocycles. The average molecular weight is 453 g/mol. The first-order chi connectivity index (χ1) is 14.9. The summed E-state index contributed by atoms with van der Waals surface area (Å²) >= 11 is 0. The Bertz CT molecular complexity index is 1030. The fourth-order valence-electron chi connectivity index (χ4n) is 3.11. The van der Waals surface area contributed by atoms with Gasteiger partial charge in [0.05, 0.1) is 13.2 Å². The number of benzene rings is 1. The number of amides is 1.